The summed E-state index contributed by atoms with van der Waals surface area (Å²) in [5.74, 6) is 0. The summed E-state index contributed by atoms with van der Waals surface area (Å²) in [5.41, 5.74) is 6.75. The highest BCUT2D eigenvalue weighted by molar-refractivity contribution is 6.61. The Morgan fingerprint density at radius 3 is 2.35 bits per heavy atom. The number of nitrogens with zero attached hydrogens (tertiary/aromatic N) is 2. The Morgan fingerprint density at radius 1 is 1.25 bits per heavy atom. The van der Waals surface area contributed by atoms with E-state index in [2.05, 4.69) is 4.98 Å². The van der Waals surface area contributed by atoms with Gasteiger partial charge in [-0.3, -0.25) is 0 Å². The maximum absolute atomic E-state index is 9.01. The molecule has 0 unspecified atom stereocenters. The summed E-state index contributed by atoms with van der Waals surface area (Å²) in [6, 6.07) is 5.62. The standard InChI is InChI=1S/C14H20BN3O2/c1-13(2)14(3,4)20-15(19-13)12-10(7-8-16)5-6-11(9-17)18-12/h5-6H,7-8,16H2,1-4H3. The van der Waals surface area contributed by atoms with Crippen LogP contribution in [-0.2, 0) is 15.7 Å². The first-order chi connectivity index (χ1) is 9.30. The van der Waals surface area contributed by atoms with E-state index < -0.39 is 18.3 Å². The zero-order valence-electron chi connectivity index (χ0n) is 12.4. The minimum absolute atomic E-state index is 0.357. The molecule has 2 N–H and O–H groups in total. The van der Waals surface area contributed by atoms with Gasteiger partial charge in [0.15, 0.2) is 0 Å². The van der Waals surface area contributed by atoms with E-state index in [1.165, 1.54) is 0 Å². The third-order valence-corrected chi connectivity index (χ3v) is 4.02. The molecule has 2 rings (SSSR count). The Hall–Kier alpha value is -1.42. The predicted octanol–water partition coefficient (Wildman–Crippen LogP) is 0.754. The minimum atomic E-state index is -0.560. The topological polar surface area (TPSA) is 81.2 Å². The van der Waals surface area contributed by atoms with Gasteiger partial charge in [0.1, 0.15) is 11.8 Å². The van der Waals surface area contributed by atoms with Crippen LogP contribution in [0.15, 0.2) is 12.1 Å². The van der Waals surface area contributed by atoms with Crippen molar-refractivity contribution in [3.8, 4) is 6.07 Å². The zero-order chi connectivity index (χ0) is 15.0. The molecule has 0 aromatic carbocycles. The fourth-order valence-electron chi connectivity index (χ4n) is 2.09. The Labute approximate surface area is 120 Å². The van der Waals surface area contributed by atoms with E-state index in [1.54, 1.807) is 6.07 Å². The average Bonchev–Trinajstić information content (AvgIpc) is 2.59. The van der Waals surface area contributed by atoms with Crippen molar-refractivity contribution in [3.05, 3.63) is 23.4 Å². The quantitative estimate of drug-likeness (QED) is 0.822. The van der Waals surface area contributed by atoms with Crippen molar-refractivity contribution in [2.75, 3.05) is 6.54 Å². The van der Waals surface area contributed by atoms with E-state index >= 15 is 0 Å². The van der Waals surface area contributed by atoms with Gasteiger partial charge in [-0.15, -0.1) is 0 Å². The number of hydrogen-bond acceptors (Lipinski definition) is 5. The van der Waals surface area contributed by atoms with Crippen LogP contribution < -0.4 is 11.3 Å². The molecule has 5 nitrogen and oxygen atoms in total. The normalized spacial score (nSPS) is 19.9. The van der Waals surface area contributed by atoms with E-state index in [9.17, 15) is 0 Å². The Kier molecular flexibility index (Phi) is 3.87. The number of rotatable bonds is 3. The molecule has 106 valence electrons. The van der Waals surface area contributed by atoms with Crippen molar-refractivity contribution < 1.29 is 9.31 Å². The van der Waals surface area contributed by atoms with Crippen LogP contribution in [0.4, 0.5) is 0 Å². The lowest BCUT2D eigenvalue weighted by Gasteiger charge is -2.32. The summed E-state index contributed by atoms with van der Waals surface area (Å²) < 4.78 is 12.0. The van der Waals surface area contributed by atoms with E-state index in [0.29, 0.717) is 24.3 Å². The summed E-state index contributed by atoms with van der Waals surface area (Å²) in [6.45, 7) is 8.47. The van der Waals surface area contributed by atoms with Gasteiger partial charge >= 0.3 is 7.12 Å². The van der Waals surface area contributed by atoms with Crippen molar-refractivity contribution in [2.45, 2.75) is 45.3 Å². The number of aromatic nitrogens is 1. The van der Waals surface area contributed by atoms with Gasteiger partial charge in [0.25, 0.3) is 0 Å². The van der Waals surface area contributed by atoms with Crippen LogP contribution in [0, 0.1) is 11.3 Å². The second-order valence-corrected chi connectivity index (χ2v) is 5.98. The van der Waals surface area contributed by atoms with E-state index in [4.69, 9.17) is 20.3 Å². The van der Waals surface area contributed by atoms with Gasteiger partial charge in [-0.05, 0) is 52.3 Å². The fraction of sp³-hybridized carbons (Fsp3) is 0.571. The molecular formula is C14H20BN3O2. The molecule has 20 heavy (non-hydrogen) atoms. The predicted molar refractivity (Wildman–Crippen MR) is 77.4 cm³/mol. The van der Waals surface area contributed by atoms with E-state index in [1.807, 2.05) is 39.8 Å². The van der Waals surface area contributed by atoms with Gasteiger partial charge in [-0.25, -0.2) is 4.98 Å². The summed E-state index contributed by atoms with van der Waals surface area (Å²) >= 11 is 0. The zero-order valence-corrected chi connectivity index (χ0v) is 12.4. The molecule has 0 saturated carbocycles. The third-order valence-electron chi connectivity index (χ3n) is 4.02. The van der Waals surface area contributed by atoms with Crippen LogP contribution in [0.3, 0.4) is 0 Å². The first-order valence-corrected chi connectivity index (χ1v) is 6.76. The highest BCUT2D eigenvalue weighted by Gasteiger charge is 2.52. The van der Waals surface area contributed by atoms with Crippen molar-refractivity contribution >= 4 is 12.7 Å². The molecule has 0 spiro atoms. The summed E-state index contributed by atoms with van der Waals surface area (Å²) in [7, 11) is -0.560. The van der Waals surface area contributed by atoms with Crippen LogP contribution >= 0.6 is 0 Å². The average molecular weight is 273 g/mol. The lowest BCUT2D eigenvalue weighted by Crippen LogP contribution is -2.41. The summed E-state index contributed by atoms with van der Waals surface area (Å²) in [4.78, 5) is 4.36. The van der Waals surface area contributed by atoms with Gasteiger partial charge < -0.3 is 15.0 Å². The second-order valence-electron chi connectivity index (χ2n) is 5.98. The largest absolute Gasteiger partial charge is 0.514 e. The SMILES string of the molecule is CC1(C)OB(c2nc(C#N)ccc2CCN)OC1(C)C. The molecule has 0 aliphatic carbocycles. The Bertz CT molecular complexity index is 536. The molecule has 1 fully saturated rings. The molecule has 1 aliphatic heterocycles. The highest BCUT2D eigenvalue weighted by atomic mass is 16.7. The number of pyridine rings is 1. The van der Waals surface area contributed by atoms with E-state index in [0.717, 1.165) is 5.56 Å². The first-order valence-electron chi connectivity index (χ1n) is 6.76. The van der Waals surface area contributed by atoms with Crippen molar-refractivity contribution in [1.82, 2.24) is 4.98 Å². The fourth-order valence-corrected chi connectivity index (χ4v) is 2.09. The third kappa shape index (κ3) is 2.57. The molecule has 0 bridgehead atoms. The van der Waals surface area contributed by atoms with Gasteiger partial charge in [0.05, 0.1) is 16.8 Å². The molecule has 0 amide bonds. The van der Waals surface area contributed by atoms with Crippen molar-refractivity contribution in [1.29, 1.82) is 5.26 Å². The molecule has 2 heterocycles. The number of nitriles is 1. The van der Waals surface area contributed by atoms with Crippen LogP contribution in [0.25, 0.3) is 0 Å². The lowest BCUT2D eigenvalue weighted by molar-refractivity contribution is 0.00578. The Balaban J connectivity index is 2.40. The van der Waals surface area contributed by atoms with Gasteiger partial charge in [-0.1, -0.05) is 6.07 Å². The molecule has 0 atom stereocenters. The number of nitrogens with two attached hydrogens (primary N) is 1. The summed E-state index contributed by atoms with van der Waals surface area (Å²) in [5, 5.41) is 9.01. The van der Waals surface area contributed by atoms with Crippen LogP contribution in [0.5, 0.6) is 0 Å². The summed E-state index contributed by atoms with van der Waals surface area (Å²) in [6.07, 6.45) is 0.679. The van der Waals surface area contributed by atoms with Gasteiger partial charge in [-0.2, -0.15) is 5.26 Å². The lowest BCUT2D eigenvalue weighted by atomic mass is 9.80. The molecule has 1 aromatic heterocycles. The number of hydrogen-bond donors (Lipinski definition) is 1. The smallest absolute Gasteiger partial charge is 0.398 e. The molecule has 1 aliphatic rings. The molecule has 1 aromatic rings. The second kappa shape index (κ2) is 5.17. The van der Waals surface area contributed by atoms with Crippen molar-refractivity contribution in [3.63, 3.8) is 0 Å². The molecule has 6 heteroatoms. The van der Waals surface area contributed by atoms with Gasteiger partial charge in [0.2, 0.25) is 0 Å². The van der Waals surface area contributed by atoms with Crippen molar-refractivity contribution in [2.24, 2.45) is 5.73 Å². The first kappa shape index (κ1) is 15.0. The van der Waals surface area contributed by atoms with Crippen LogP contribution in [-0.4, -0.2) is 29.8 Å². The maximum Gasteiger partial charge on any atom is 0.514 e. The molecule has 0 radical (unpaired) electrons. The van der Waals surface area contributed by atoms with Crippen LogP contribution in [0.2, 0.25) is 0 Å². The van der Waals surface area contributed by atoms with Gasteiger partial charge in [0, 0.05) is 0 Å². The van der Waals surface area contributed by atoms with E-state index in [-0.39, 0.29) is 0 Å². The molecule has 1 saturated heterocycles. The minimum Gasteiger partial charge on any atom is -0.398 e. The highest BCUT2D eigenvalue weighted by Crippen LogP contribution is 2.36. The van der Waals surface area contributed by atoms with Crippen LogP contribution in [0.1, 0.15) is 39.0 Å². The monoisotopic (exact) mass is 273 g/mol. The molecular weight excluding hydrogens is 253 g/mol. The Morgan fingerprint density at radius 2 is 1.85 bits per heavy atom. The maximum atomic E-state index is 9.01.